The van der Waals surface area contributed by atoms with E-state index in [4.69, 9.17) is 14.2 Å². The van der Waals surface area contributed by atoms with E-state index in [1.54, 1.807) is 18.2 Å². The predicted molar refractivity (Wildman–Crippen MR) is 80.2 cm³/mol. The maximum atomic E-state index is 12.4. The third-order valence-electron chi connectivity index (χ3n) is 3.76. The fraction of sp³-hybridized carbons (Fsp3) is 0.500. The average Bonchev–Trinajstić information content (AvgIpc) is 2.57. The minimum Gasteiger partial charge on any atom is -0.486 e. The van der Waals surface area contributed by atoms with Crippen LogP contribution in [0, 0.1) is 5.92 Å². The lowest BCUT2D eigenvalue weighted by Gasteiger charge is -2.22. The lowest BCUT2D eigenvalue weighted by molar-refractivity contribution is -0.144. The third kappa shape index (κ3) is 3.50. The second-order valence-electron chi connectivity index (χ2n) is 5.22. The molecule has 0 fully saturated rings. The summed E-state index contributed by atoms with van der Waals surface area (Å²) in [5.74, 6) is 0.354. The van der Waals surface area contributed by atoms with Gasteiger partial charge < -0.3 is 19.5 Å². The molecule has 1 aromatic rings. The molecule has 1 aliphatic heterocycles. The van der Waals surface area contributed by atoms with Gasteiger partial charge in [0.05, 0.1) is 7.11 Å². The molecule has 2 rings (SSSR count). The van der Waals surface area contributed by atoms with Crippen LogP contribution in [0.5, 0.6) is 11.5 Å². The number of rotatable bonds is 5. The minimum absolute atomic E-state index is 0.0198. The Morgan fingerprint density at radius 1 is 1.27 bits per heavy atom. The molecule has 1 N–H and O–H groups in total. The molecule has 120 valence electrons. The van der Waals surface area contributed by atoms with Crippen molar-refractivity contribution in [1.29, 1.82) is 0 Å². The summed E-state index contributed by atoms with van der Waals surface area (Å²) >= 11 is 0. The molecule has 2 atom stereocenters. The number of esters is 1. The van der Waals surface area contributed by atoms with E-state index in [0.717, 1.165) is 6.42 Å². The van der Waals surface area contributed by atoms with Gasteiger partial charge in [0.1, 0.15) is 19.3 Å². The monoisotopic (exact) mass is 307 g/mol. The van der Waals surface area contributed by atoms with Crippen LogP contribution in [0.2, 0.25) is 0 Å². The first kappa shape index (κ1) is 16.1. The Hall–Kier alpha value is -2.24. The van der Waals surface area contributed by atoms with Gasteiger partial charge in [0.25, 0.3) is 5.91 Å². The van der Waals surface area contributed by atoms with E-state index in [1.807, 2.05) is 13.8 Å². The zero-order valence-electron chi connectivity index (χ0n) is 13.0. The molecule has 0 saturated heterocycles. The van der Waals surface area contributed by atoms with Crippen LogP contribution in [0.3, 0.4) is 0 Å². The topological polar surface area (TPSA) is 73.9 Å². The summed E-state index contributed by atoms with van der Waals surface area (Å²) in [4.78, 5) is 24.2. The minimum atomic E-state index is -0.671. The number of benzene rings is 1. The number of carbonyl (C=O) groups is 2. The van der Waals surface area contributed by atoms with Crippen LogP contribution in [0.25, 0.3) is 0 Å². The van der Waals surface area contributed by atoms with Gasteiger partial charge in [-0.15, -0.1) is 0 Å². The number of amides is 1. The van der Waals surface area contributed by atoms with Crippen molar-refractivity contribution in [3.05, 3.63) is 23.8 Å². The lowest BCUT2D eigenvalue weighted by Crippen LogP contribution is -2.45. The Kier molecular flexibility index (Phi) is 5.25. The highest BCUT2D eigenvalue weighted by atomic mass is 16.6. The summed E-state index contributed by atoms with van der Waals surface area (Å²) in [6, 6.07) is 4.29. The van der Waals surface area contributed by atoms with Crippen molar-refractivity contribution < 1.29 is 23.8 Å². The molecule has 1 aliphatic rings. The summed E-state index contributed by atoms with van der Waals surface area (Å²) in [6.07, 6.45) is 0.751. The van der Waals surface area contributed by atoms with Crippen LogP contribution >= 0.6 is 0 Å². The summed E-state index contributed by atoms with van der Waals surface area (Å²) in [5, 5.41) is 2.73. The van der Waals surface area contributed by atoms with E-state index < -0.39 is 12.0 Å². The molecule has 0 aromatic heterocycles. The normalized spacial score (nSPS) is 15.6. The van der Waals surface area contributed by atoms with Gasteiger partial charge in [-0.1, -0.05) is 20.3 Å². The Labute approximate surface area is 129 Å². The summed E-state index contributed by atoms with van der Waals surface area (Å²) < 4.78 is 15.6. The second kappa shape index (κ2) is 7.15. The van der Waals surface area contributed by atoms with Crippen LogP contribution in [0.1, 0.15) is 30.6 Å². The number of carbonyl (C=O) groups excluding carboxylic acids is 2. The summed E-state index contributed by atoms with van der Waals surface area (Å²) in [5.41, 5.74) is 0.418. The van der Waals surface area contributed by atoms with E-state index in [0.29, 0.717) is 30.3 Å². The number of nitrogens with one attached hydrogen (secondary N) is 1. The maximum Gasteiger partial charge on any atom is 0.328 e. The Bertz CT molecular complexity index is 557. The fourth-order valence-electron chi connectivity index (χ4n) is 2.21. The van der Waals surface area contributed by atoms with Gasteiger partial charge in [-0.3, -0.25) is 4.79 Å². The molecule has 6 nitrogen and oxygen atoms in total. The van der Waals surface area contributed by atoms with Crippen molar-refractivity contribution in [2.45, 2.75) is 26.3 Å². The zero-order chi connectivity index (χ0) is 16.1. The fourth-order valence-corrected chi connectivity index (χ4v) is 2.21. The number of hydrogen-bond donors (Lipinski definition) is 1. The van der Waals surface area contributed by atoms with Gasteiger partial charge in [0, 0.05) is 5.56 Å². The van der Waals surface area contributed by atoms with E-state index in [-0.39, 0.29) is 11.8 Å². The average molecular weight is 307 g/mol. The van der Waals surface area contributed by atoms with Crippen molar-refractivity contribution in [2.75, 3.05) is 20.3 Å². The highest BCUT2D eigenvalue weighted by molar-refractivity contribution is 5.97. The molecule has 0 spiro atoms. The SMILES string of the molecule is CC[C@H](C)[C@H](NC(=O)c1ccc2c(c1)OCCO2)C(=O)OC. The van der Waals surface area contributed by atoms with Gasteiger partial charge in [0.2, 0.25) is 0 Å². The zero-order valence-corrected chi connectivity index (χ0v) is 13.0. The van der Waals surface area contributed by atoms with E-state index in [2.05, 4.69) is 5.32 Å². The van der Waals surface area contributed by atoms with Crippen LogP contribution in [0.15, 0.2) is 18.2 Å². The molecular formula is C16H21NO5. The van der Waals surface area contributed by atoms with Crippen LogP contribution in [0.4, 0.5) is 0 Å². The van der Waals surface area contributed by atoms with E-state index in [9.17, 15) is 9.59 Å². The quantitative estimate of drug-likeness (QED) is 0.839. The number of hydrogen-bond acceptors (Lipinski definition) is 5. The van der Waals surface area contributed by atoms with Crippen molar-refractivity contribution in [1.82, 2.24) is 5.32 Å². The number of methoxy groups -OCH3 is 1. The summed E-state index contributed by atoms with van der Waals surface area (Å²) in [6.45, 7) is 4.80. The molecule has 0 saturated carbocycles. The first-order valence-corrected chi connectivity index (χ1v) is 7.35. The molecule has 22 heavy (non-hydrogen) atoms. The third-order valence-corrected chi connectivity index (χ3v) is 3.76. The molecule has 0 aliphatic carbocycles. The smallest absolute Gasteiger partial charge is 0.328 e. The highest BCUT2D eigenvalue weighted by Gasteiger charge is 2.27. The molecular weight excluding hydrogens is 286 g/mol. The molecule has 0 bridgehead atoms. The Morgan fingerprint density at radius 3 is 2.59 bits per heavy atom. The number of fused-ring (bicyclic) bond motifs is 1. The molecule has 6 heteroatoms. The largest absolute Gasteiger partial charge is 0.486 e. The molecule has 0 unspecified atom stereocenters. The van der Waals surface area contributed by atoms with Crippen molar-refractivity contribution >= 4 is 11.9 Å². The molecule has 1 amide bonds. The molecule has 0 radical (unpaired) electrons. The van der Waals surface area contributed by atoms with Gasteiger partial charge >= 0.3 is 5.97 Å². The lowest BCUT2D eigenvalue weighted by atomic mass is 9.99. The van der Waals surface area contributed by atoms with Crippen LogP contribution in [-0.4, -0.2) is 38.2 Å². The van der Waals surface area contributed by atoms with Gasteiger partial charge in [0.15, 0.2) is 11.5 Å². The van der Waals surface area contributed by atoms with Crippen LogP contribution < -0.4 is 14.8 Å². The number of ether oxygens (including phenoxy) is 3. The first-order chi connectivity index (χ1) is 10.6. The Balaban J connectivity index is 2.14. The standard InChI is InChI=1S/C16H21NO5/c1-4-10(2)14(16(19)20-3)17-15(18)11-5-6-12-13(9-11)22-8-7-21-12/h5-6,9-10,14H,4,7-8H2,1-3H3,(H,17,18)/t10-,14-/m0/s1. The van der Waals surface area contributed by atoms with Crippen molar-refractivity contribution in [3.63, 3.8) is 0 Å². The van der Waals surface area contributed by atoms with E-state index in [1.165, 1.54) is 7.11 Å². The Morgan fingerprint density at radius 2 is 1.95 bits per heavy atom. The van der Waals surface area contributed by atoms with Crippen molar-refractivity contribution in [3.8, 4) is 11.5 Å². The van der Waals surface area contributed by atoms with Gasteiger partial charge in [-0.2, -0.15) is 0 Å². The van der Waals surface area contributed by atoms with Crippen molar-refractivity contribution in [2.24, 2.45) is 5.92 Å². The summed E-state index contributed by atoms with van der Waals surface area (Å²) in [7, 11) is 1.31. The second-order valence-corrected chi connectivity index (χ2v) is 5.22. The first-order valence-electron chi connectivity index (χ1n) is 7.35. The van der Waals surface area contributed by atoms with Gasteiger partial charge in [-0.25, -0.2) is 4.79 Å². The molecule has 1 aromatic carbocycles. The highest BCUT2D eigenvalue weighted by Crippen LogP contribution is 2.30. The molecule has 1 heterocycles. The van der Waals surface area contributed by atoms with Gasteiger partial charge in [-0.05, 0) is 24.1 Å². The van der Waals surface area contributed by atoms with E-state index >= 15 is 0 Å². The maximum absolute atomic E-state index is 12.4. The van der Waals surface area contributed by atoms with Crippen LogP contribution in [-0.2, 0) is 9.53 Å². The predicted octanol–water partition coefficient (Wildman–Crippen LogP) is 1.78.